The summed E-state index contributed by atoms with van der Waals surface area (Å²) >= 11 is 0. The van der Waals surface area contributed by atoms with E-state index in [0.29, 0.717) is 0 Å². The molecule has 84 valence electrons. The highest BCUT2D eigenvalue weighted by molar-refractivity contribution is 5.65. The largest absolute Gasteiger partial charge is 1.00 e. The molecule has 1 rings (SSSR count). The minimum absolute atomic E-state index is 0. The second-order valence-corrected chi connectivity index (χ2v) is 4.20. The van der Waals surface area contributed by atoms with Gasteiger partial charge in [0.15, 0.2) is 0 Å². The Bertz CT molecular complexity index is 191. The van der Waals surface area contributed by atoms with Crippen molar-refractivity contribution >= 4 is 5.97 Å². The molecule has 0 aromatic heterocycles. The summed E-state index contributed by atoms with van der Waals surface area (Å²) in [6, 6.07) is 0. The van der Waals surface area contributed by atoms with Crippen LogP contribution >= 0.6 is 0 Å². The lowest BCUT2D eigenvalue weighted by Gasteiger charge is -2.41. The normalized spacial score (nSPS) is 21.9. The number of piperidine rings is 1. The molecule has 0 amide bonds. The van der Waals surface area contributed by atoms with Crippen molar-refractivity contribution in [3.8, 4) is 0 Å². The molecule has 1 aliphatic rings. The second-order valence-electron chi connectivity index (χ2n) is 4.20. The van der Waals surface area contributed by atoms with Gasteiger partial charge >= 0.3 is 5.97 Å². The van der Waals surface area contributed by atoms with Crippen molar-refractivity contribution in [2.45, 2.75) is 39.3 Å². The lowest BCUT2D eigenvalue weighted by atomic mass is 10.1. The van der Waals surface area contributed by atoms with Gasteiger partial charge in [0.2, 0.25) is 6.23 Å². The minimum Gasteiger partial charge on any atom is -1.00 e. The third-order valence-corrected chi connectivity index (χ3v) is 3.05. The van der Waals surface area contributed by atoms with Crippen LogP contribution in [0.3, 0.4) is 0 Å². The molecule has 1 heterocycles. The zero-order chi connectivity index (χ0) is 9.90. The number of esters is 1. The van der Waals surface area contributed by atoms with Crippen LogP contribution in [0.1, 0.15) is 33.1 Å². The summed E-state index contributed by atoms with van der Waals surface area (Å²) in [4.78, 5) is 10.8. The van der Waals surface area contributed by atoms with Gasteiger partial charge < -0.3 is 28.7 Å². The Morgan fingerprint density at radius 2 is 1.79 bits per heavy atom. The summed E-state index contributed by atoms with van der Waals surface area (Å²) in [6.45, 7) is 5.74. The molecule has 3 nitrogen and oxygen atoms in total. The standard InChI is InChI=1S/C10H20NO2.HI/c1-9(13-10(2)12)11(3)7-5-4-6-8-11;/h9H,4-8H2,1-3H3;1H/q+1;/p-1. The summed E-state index contributed by atoms with van der Waals surface area (Å²) in [6.07, 6.45) is 3.84. The number of carbonyl (C=O) groups excluding carboxylic acids is 1. The van der Waals surface area contributed by atoms with Gasteiger partial charge in [-0.2, -0.15) is 0 Å². The van der Waals surface area contributed by atoms with E-state index >= 15 is 0 Å². The fourth-order valence-corrected chi connectivity index (χ4v) is 1.97. The van der Waals surface area contributed by atoms with E-state index in [2.05, 4.69) is 7.05 Å². The predicted molar refractivity (Wildman–Crippen MR) is 51.0 cm³/mol. The van der Waals surface area contributed by atoms with Gasteiger partial charge in [-0.05, 0) is 19.3 Å². The summed E-state index contributed by atoms with van der Waals surface area (Å²) < 4.78 is 6.11. The quantitative estimate of drug-likeness (QED) is 0.354. The average Bonchev–Trinajstić information content (AvgIpc) is 2.04. The van der Waals surface area contributed by atoms with Crippen LogP contribution in [0, 0.1) is 0 Å². The molecule has 0 N–H and O–H groups in total. The fourth-order valence-electron chi connectivity index (χ4n) is 1.97. The first-order valence-corrected chi connectivity index (χ1v) is 5.06. The zero-order valence-corrected chi connectivity index (χ0v) is 11.4. The Kier molecular flexibility index (Phi) is 5.97. The first-order chi connectivity index (χ1) is 6.04. The first-order valence-electron chi connectivity index (χ1n) is 5.06. The van der Waals surface area contributed by atoms with E-state index in [4.69, 9.17) is 4.74 Å². The summed E-state index contributed by atoms with van der Waals surface area (Å²) in [5.74, 6) is -0.169. The van der Waals surface area contributed by atoms with Crippen molar-refractivity contribution < 1.29 is 38.0 Å². The van der Waals surface area contributed by atoms with E-state index in [-0.39, 0.29) is 36.2 Å². The van der Waals surface area contributed by atoms with E-state index in [1.54, 1.807) is 0 Å². The number of hydrogen-bond acceptors (Lipinski definition) is 2. The molecule has 0 saturated carbocycles. The summed E-state index contributed by atoms with van der Waals surface area (Å²) in [7, 11) is 2.17. The van der Waals surface area contributed by atoms with Crippen LogP contribution in [0.15, 0.2) is 0 Å². The molecular weight excluding hydrogens is 293 g/mol. The highest BCUT2D eigenvalue weighted by atomic mass is 127. The Morgan fingerprint density at radius 1 is 1.29 bits per heavy atom. The highest BCUT2D eigenvalue weighted by Gasteiger charge is 2.32. The van der Waals surface area contributed by atoms with Crippen molar-refractivity contribution in [2.75, 3.05) is 20.1 Å². The number of halogens is 1. The van der Waals surface area contributed by atoms with Gasteiger partial charge in [-0.15, -0.1) is 0 Å². The van der Waals surface area contributed by atoms with Gasteiger partial charge in [0.05, 0.1) is 20.1 Å². The Labute approximate surface area is 103 Å². The number of likely N-dealkylation sites (tertiary alicyclic amines) is 1. The molecule has 0 bridgehead atoms. The zero-order valence-electron chi connectivity index (χ0n) is 9.25. The number of hydrogen-bond donors (Lipinski definition) is 0. The van der Waals surface area contributed by atoms with Crippen LogP contribution < -0.4 is 24.0 Å². The molecule has 14 heavy (non-hydrogen) atoms. The van der Waals surface area contributed by atoms with E-state index < -0.39 is 0 Å². The lowest BCUT2D eigenvalue weighted by Crippen LogP contribution is -3.00. The van der Waals surface area contributed by atoms with Crippen molar-refractivity contribution in [2.24, 2.45) is 0 Å². The smallest absolute Gasteiger partial charge is 0.307 e. The molecule has 1 fully saturated rings. The van der Waals surface area contributed by atoms with E-state index in [1.165, 1.54) is 26.2 Å². The topological polar surface area (TPSA) is 26.3 Å². The van der Waals surface area contributed by atoms with E-state index in [0.717, 1.165) is 17.6 Å². The fraction of sp³-hybridized carbons (Fsp3) is 0.900. The van der Waals surface area contributed by atoms with E-state index in [9.17, 15) is 4.79 Å². The van der Waals surface area contributed by atoms with Gasteiger partial charge in [0, 0.05) is 13.8 Å². The van der Waals surface area contributed by atoms with Gasteiger partial charge in [0.25, 0.3) is 0 Å². The molecule has 1 saturated heterocycles. The monoisotopic (exact) mass is 313 g/mol. The third-order valence-electron chi connectivity index (χ3n) is 3.05. The molecule has 0 aromatic rings. The number of nitrogens with zero attached hydrogens (tertiary/aromatic N) is 1. The second kappa shape index (κ2) is 5.90. The molecule has 1 unspecified atom stereocenters. The molecule has 0 aliphatic carbocycles. The maximum Gasteiger partial charge on any atom is 0.307 e. The number of quaternary nitrogens is 1. The highest BCUT2D eigenvalue weighted by Crippen LogP contribution is 2.20. The Morgan fingerprint density at radius 3 is 2.21 bits per heavy atom. The van der Waals surface area contributed by atoms with Gasteiger partial charge in [-0.25, -0.2) is 0 Å². The van der Waals surface area contributed by atoms with Gasteiger partial charge in [0.1, 0.15) is 0 Å². The molecule has 0 aromatic carbocycles. The molecule has 0 spiro atoms. The van der Waals surface area contributed by atoms with Crippen molar-refractivity contribution in [1.29, 1.82) is 0 Å². The minimum atomic E-state index is -0.169. The molecule has 1 aliphatic heterocycles. The third kappa shape index (κ3) is 3.73. The summed E-state index contributed by atoms with van der Waals surface area (Å²) in [5.41, 5.74) is 0. The van der Waals surface area contributed by atoms with Crippen LogP contribution in [0.25, 0.3) is 0 Å². The van der Waals surface area contributed by atoms with Crippen LogP contribution in [0.4, 0.5) is 0 Å². The lowest BCUT2D eigenvalue weighted by molar-refractivity contribution is -0.954. The number of carbonyl (C=O) groups is 1. The van der Waals surface area contributed by atoms with Gasteiger partial charge in [-0.3, -0.25) is 9.28 Å². The van der Waals surface area contributed by atoms with Crippen LogP contribution in [0.2, 0.25) is 0 Å². The Hall–Kier alpha value is 0.160. The van der Waals surface area contributed by atoms with Crippen LogP contribution in [-0.4, -0.2) is 36.8 Å². The van der Waals surface area contributed by atoms with Crippen LogP contribution in [-0.2, 0) is 9.53 Å². The number of rotatable bonds is 2. The molecule has 1 atom stereocenters. The SMILES string of the molecule is CC(=O)OC(C)[N+]1(C)CCCCC1.[I-]. The maximum atomic E-state index is 10.8. The van der Waals surface area contributed by atoms with Crippen molar-refractivity contribution in [3.63, 3.8) is 0 Å². The van der Waals surface area contributed by atoms with Crippen molar-refractivity contribution in [3.05, 3.63) is 0 Å². The molecular formula is C10H20INO2. The Balaban J connectivity index is 0.00000169. The molecule has 0 radical (unpaired) electrons. The molecule has 4 heteroatoms. The maximum absolute atomic E-state index is 10.8. The predicted octanol–water partition coefficient (Wildman–Crippen LogP) is -1.47. The van der Waals surface area contributed by atoms with Crippen molar-refractivity contribution in [1.82, 2.24) is 0 Å². The number of ether oxygens (including phenoxy) is 1. The van der Waals surface area contributed by atoms with E-state index in [1.807, 2.05) is 6.92 Å². The van der Waals surface area contributed by atoms with Gasteiger partial charge in [-0.1, -0.05) is 0 Å². The average molecular weight is 313 g/mol. The summed E-state index contributed by atoms with van der Waals surface area (Å²) in [5, 5.41) is 0. The first kappa shape index (κ1) is 14.2. The van der Waals surface area contributed by atoms with Crippen LogP contribution in [0.5, 0.6) is 0 Å².